The smallest absolute Gasteiger partial charge is 0.125 e. The van der Waals surface area contributed by atoms with E-state index in [1.165, 1.54) is 4.88 Å². The van der Waals surface area contributed by atoms with Crippen LogP contribution in [0.2, 0.25) is 0 Å². The Labute approximate surface area is 180 Å². The number of nitrogens with zero attached hydrogens (tertiary/aromatic N) is 3. The molecule has 0 bridgehead atoms. The molecule has 1 aromatic carbocycles. The van der Waals surface area contributed by atoms with E-state index in [2.05, 4.69) is 9.88 Å². The molecule has 4 rings (SSSR count). The molecule has 3 heterocycles. The minimum atomic E-state index is -0.848. The quantitative estimate of drug-likeness (QED) is 0.617. The maximum Gasteiger partial charge on any atom is 0.125 e. The van der Waals surface area contributed by atoms with E-state index in [1.54, 1.807) is 22.7 Å². The zero-order valence-electron chi connectivity index (χ0n) is 16.9. The van der Waals surface area contributed by atoms with Crippen LogP contribution in [0.4, 0.5) is 0 Å². The third-order valence-electron chi connectivity index (χ3n) is 5.36. The standard InChI is InChI=1S/C22H27N3O2S2/c1-16-20(15-27-18-7-4-3-5-8-18)29-21(24-16)22(26)9-6-11-25(12-10-22)14-19-13-23-17(2)28-19/h3-5,7-8,13,26H,6,9-12,14-15H2,1-2H3/t22-/m0/s1. The average molecular weight is 430 g/mol. The van der Waals surface area contributed by atoms with Crippen LogP contribution in [0, 0.1) is 13.8 Å². The maximum atomic E-state index is 11.4. The van der Waals surface area contributed by atoms with E-state index in [9.17, 15) is 5.11 Å². The minimum Gasteiger partial charge on any atom is -0.488 e. The number of para-hydroxylation sites is 1. The van der Waals surface area contributed by atoms with Crippen LogP contribution < -0.4 is 4.74 Å². The van der Waals surface area contributed by atoms with Crippen LogP contribution in [-0.4, -0.2) is 33.1 Å². The average Bonchev–Trinajstić information content (AvgIpc) is 3.24. The number of aliphatic hydroxyl groups is 1. The van der Waals surface area contributed by atoms with Gasteiger partial charge in [0.05, 0.1) is 15.6 Å². The number of rotatable bonds is 6. The number of hydrogen-bond donors (Lipinski definition) is 1. The maximum absolute atomic E-state index is 11.4. The van der Waals surface area contributed by atoms with Crippen LogP contribution in [0.3, 0.4) is 0 Å². The van der Waals surface area contributed by atoms with Crippen molar-refractivity contribution in [2.24, 2.45) is 0 Å². The predicted octanol–water partition coefficient (Wildman–Crippen LogP) is 4.67. The van der Waals surface area contributed by atoms with Crippen molar-refractivity contribution < 1.29 is 9.84 Å². The molecule has 0 aliphatic carbocycles. The van der Waals surface area contributed by atoms with Crippen molar-refractivity contribution >= 4 is 22.7 Å². The van der Waals surface area contributed by atoms with E-state index < -0.39 is 5.60 Å². The molecule has 2 aromatic heterocycles. The molecule has 1 N–H and O–H groups in total. The Hall–Kier alpha value is -1.80. The largest absolute Gasteiger partial charge is 0.488 e. The lowest BCUT2D eigenvalue weighted by Crippen LogP contribution is -2.28. The van der Waals surface area contributed by atoms with Gasteiger partial charge in [-0.25, -0.2) is 9.97 Å². The van der Waals surface area contributed by atoms with Gasteiger partial charge >= 0.3 is 0 Å². The molecule has 1 aliphatic rings. The SMILES string of the molecule is Cc1ncc(CN2CCC[C@@](O)(c3nc(C)c(COc4ccccc4)s3)CC2)s1. The van der Waals surface area contributed by atoms with E-state index in [-0.39, 0.29) is 0 Å². The van der Waals surface area contributed by atoms with Crippen LogP contribution in [0.15, 0.2) is 36.5 Å². The van der Waals surface area contributed by atoms with Crippen molar-refractivity contribution in [1.29, 1.82) is 0 Å². The third-order valence-corrected chi connectivity index (χ3v) is 7.58. The minimum absolute atomic E-state index is 0.487. The molecule has 3 aromatic rings. The Morgan fingerprint density at radius 3 is 2.72 bits per heavy atom. The monoisotopic (exact) mass is 429 g/mol. The fourth-order valence-corrected chi connectivity index (χ4v) is 5.63. The number of likely N-dealkylation sites (tertiary alicyclic amines) is 1. The Bertz CT molecular complexity index is 941. The van der Waals surface area contributed by atoms with Crippen molar-refractivity contribution in [2.45, 2.75) is 51.9 Å². The molecule has 0 amide bonds. The van der Waals surface area contributed by atoms with Crippen LogP contribution in [0.5, 0.6) is 5.75 Å². The summed E-state index contributed by atoms with van der Waals surface area (Å²) >= 11 is 3.34. The molecular weight excluding hydrogens is 402 g/mol. The zero-order valence-corrected chi connectivity index (χ0v) is 18.6. The second-order valence-corrected chi connectivity index (χ2v) is 10.0. The number of aryl methyl sites for hydroxylation is 2. The molecule has 0 spiro atoms. The van der Waals surface area contributed by atoms with Crippen molar-refractivity contribution in [3.05, 3.63) is 62.0 Å². The predicted molar refractivity (Wildman–Crippen MR) is 118 cm³/mol. The highest BCUT2D eigenvalue weighted by molar-refractivity contribution is 7.12. The van der Waals surface area contributed by atoms with Crippen molar-refractivity contribution in [3.63, 3.8) is 0 Å². The first-order chi connectivity index (χ1) is 14.0. The molecule has 1 atom stereocenters. The van der Waals surface area contributed by atoms with Crippen molar-refractivity contribution in [3.8, 4) is 5.75 Å². The molecule has 154 valence electrons. The summed E-state index contributed by atoms with van der Waals surface area (Å²) in [5.74, 6) is 0.851. The van der Waals surface area contributed by atoms with E-state index in [4.69, 9.17) is 9.72 Å². The fraction of sp³-hybridized carbons (Fsp3) is 0.455. The summed E-state index contributed by atoms with van der Waals surface area (Å²) in [5.41, 5.74) is 0.106. The van der Waals surface area contributed by atoms with Crippen LogP contribution in [-0.2, 0) is 18.8 Å². The van der Waals surface area contributed by atoms with Gasteiger partial charge < -0.3 is 9.84 Å². The molecule has 0 saturated carbocycles. The molecule has 7 heteroatoms. The van der Waals surface area contributed by atoms with Gasteiger partial charge in [-0.05, 0) is 51.8 Å². The highest BCUT2D eigenvalue weighted by atomic mass is 32.1. The van der Waals surface area contributed by atoms with Gasteiger partial charge in [0.15, 0.2) is 0 Å². The number of benzene rings is 1. The summed E-state index contributed by atoms with van der Waals surface area (Å²) < 4.78 is 5.89. The van der Waals surface area contributed by atoms with E-state index >= 15 is 0 Å². The van der Waals surface area contributed by atoms with Gasteiger partial charge in [-0.3, -0.25) is 4.90 Å². The second-order valence-electron chi connectivity index (χ2n) is 7.64. The molecular formula is C22H27N3O2S2. The number of aromatic nitrogens is 2. The number of ether oxygens (including phenoxy) is 1. The van der Waals surface area contributed by atoms with Crippen molar-refractivity contribution in [2.75, 3.05) is 13.1 Å². The van der Waals surface area contributed by atoms with E-state index in [0.29, 0.717) is 13.0 Å². The summed E-state index contributed by atoms with van der Waals surface area (Å²) in [4.78, 5) is 13.9. The van der Waals surface area contributed by atoms with E-state index in [0.717, 1.165) is 58.8 Å². The van der Waals surface area contributed by atoms with Gasteiger partial charge in [0.1, 0.15) is 23.0 Å². The Balaban J connectivity index is 1.40. The van der Waals surface area contributed by atoms with Gasteiger partial charge in [-0.2, -0.15) is 0 Å². The molecule has 29 heavy (non-hydrogen) atoms. The fourth-order valence-electron chi connectivity index (χ4n) is 3.67. The molecule has 5 nitrogen and oxygen atoms in total. The van der Waals surface area contributed by atoms with Crippen molar-refractivity contribution in [1.82, 2.24) is 14.9 Å². The van der Waals surface area contributed by atoms with Gasteiger partial charge in [-0.1, -0.05) is 18.2 Å². The summed E-state index contributed by atoms with van der Waals surface area (Å²) in [6.45, 7) is 7.30. The first kappa shape index (κ1) is 20.5. The van der Waals surface area contributed by atoms with Crippen LogP contribution in [0.25, 0.3) is 0 Å². The molecule has 1 fully saturated rings. The summed E-state index contributed by atoms with van der Waals surface area (Å²) in [6.07, 6.45) is 4.39. The van der Waals surface area contributed by atoms with Gasteiger partial charge in [0, 0.05) is 24.2 Å². The Morgan fingerprint density at radius 1 is 1.14 bits per heavy atom. The molecule has 1 aliphatic heterocycles. The summed E-state index contributed by atoms with van der Waals surface area (Å²) in [7, 11) is 0. The highest BCUT2D eigenvalue weighted by Crippen LogP contribution is 2.37. The number of thiazole rings is 2. The lowest BCUT2D eigenvalue weighted by Gasteiger charge is -2.24. The van der Waals surface area contributed by atoms with Crippen LogP contribution >= 0.6 is 22.7 Å². The van der Waals surface area contributed by atoms with Crippen LogP contribution in [0.1, 0.15) is 44.7 Å². The first-order valence-electron chi connectivity index (χ1n) is 10.0. The molecule has 1 saturated heterocycles. The van der Waals surface area contributed by atoms with Gasteiger partial charge in [0.25, 0.3) is 0 Å². The summed E-state index contributed by atoms with van der Waals surface area (Å²) in [5, 5.41) is 13.3. The first-order valence-corrected chi connectivity index (χ1v) is 11.7. The lowest BCUT2D eigenvalue weighted by atomic mass is 9.96. The lowest BCUT2D eigenvalue weighted by molar-refractivity contribution is 0.0207. The Morgan fingerprint density at radius 2 is 1.97 bits per heavy atom. The second kappa shape index (κ2) is 8.92. The number of hydrogen-bond acceptors (Lipinski definition) is 7. The summed E-state index contributed by atoms with van der Waals surface area (Å²) in [6, 6.07) is 9.82. The van der Waals surface area contributed by atoms with Gasteiger partial charge in [0.2, 0.25) is 0 Å². The molecule has 0 unspecified atom stereocenters. The normalized spacial score (nSPS) is 20.5. The Kier molecular flexibility index (Phi) is 6.29. The zero-order chi connectivity index (χ0) is 20.3. The van der Waals surface area contributed by atoms with E-state index in [1.807, 2.05) is 50.4 Å². The topological polar surface area (TPSA) is 58.5 Å². The van der Waals surface area contributed by atoms with Gasteiger partial charge in [-0.15, -0.1) is 22.7 Å². The molecule has 0 radical (unpaired) electrons. The highest BCUT2D eigenvalue weighted by Gasteiger charge is 2.35. The third kappa shape index (κ3) is 5.04.